The second kappa shape index (κ2) is 7.42. The summed E-state index contributed by atoms with van der Waals surface area (Å²) in [5, 5.41) is 10.0. The molecular weight excluding hydrogens is 302 g/mol. The molecule has 1 aromatic heterocycles. The van der Waals surface area contributed by atoms with Crippen LogP contribution in [0.3, 0.4) is 0 Å². The molecule has 0 aliphatic heterocycles. The largest absolute Gasteiger partial charge is 0.360 e. The summed E-state index contributed by atoms with van der Waals surface area (Å²) < 4.78 is 5.22. The summed E-state index contributed by atoms with van der Waals surface area (Å²) in [7, 11) is 0. The molecule has 0 unspecified atom stereocenters. The first kappa shape index (κ1) is 16.5. The average Bonchev–Trinajstić information content (AvgIpc) is 3.23. The van der Waals surface area contributed by atoms with E-state index in [-0.39, 0.29) is 18.3 Å². The lowest BCUT2D eigenvalue weighted by Crippen LogP contribution is -2.17. The number of nitrogens with one attached hydrogen (secondary N) is 2. The van der Waals surface area contributed by atoms with Gasteiger partial charge in [-0.3, -0.25) is 4.79 Å². The van der Waals surface area contributed by atoms with Gasteiger partial charge in [-0.1, -0.05) is 30.3 Å². The first-order chi connectivity index (χ1) is 10.3. The van der Waals surface area contributed by atoms with Gasteiger partial charge in [0.05, 0.1) is 0 Å². The van der Waals surface area contributed by atoms with Gasteiger partial charge in [-0.2, -0.15) is 0 Å². The van der Waals surface area contributed by atoms with E-state index in [1.807, 2.05) is 24.3 Å². The van der Waals surface area contributed by atoms with E-state index in [0.29, 0.717) is 11.6 Å². The number of carbonyl (C=O) groups excluding carboxylic acids is 1. The van der Waals surface area contributed by atoms with Gasteiger partial charge in [-0.25, -0.2) is 0 Å². The molecular formula is C16H20ClN3O2. The highest BCUT2D eigenvalue weighted by atomic mass is 35.5. The maximum Gasteiger partial charge on any atom is 0.277 e. The van der Waals surface area contributed by atoms with Gasteiger partial charge >= 0.3 is 0 Å². The summed E-state index contributed by atoms with van der Waals surface area (Å²) in [5.41, 5.74) is 2.20. The lowest BCUT2D eigenvalue weighted by Gasteiger charge is -2.10. The molecule has 1 saturated carbocycles. The molecule has 22 heavy (non-hydrogen) atoms. The molecule has 0 atom stereocenters. The average molecular weight is 322 g/mol. The third-order valence-electron chi connectivity index (χ3n) is 3.57. The number of hydrogen-bond acceptors (Lipinski definition) is 4. The number of para-hydroxylation sites is 1. The summed E-state index contributed by atoms with van der Waals surface area (Å²) in [6.45, 7) is 3.66. The molecule has 1 amide bonds. The SMILES string of the molecule is CCNCc1ccccc1NC(=O)c1cc(C2CC2)on1.Cl. The molecule has 0 radical (unpaired) electrons. The number of aromatic nitrogens is 1. The highest BCUT2D eigenvalue weighted by Gasteiger charge is 2.28. The van der Waals surface area contributed by atoms with Gasteiger partial charge in [0.25, 0.3) is 5.91 Å². The van der Waals surface area contributed by atoms with E-state index in [1.54, 1.807) is 6.07 Å². The molecule has 1 fully saturated rings. The van der Waals surface area contributed by atoms with Crippen molar-refractivity contribution in [3.8, 4) is 0 Å². The van der Waals surface area contributed by atoms with Crippen molar-refractivity contribution in [2.24, 2.45) is 0 Å². The van der Waals surface area contributed by atoms with Crippen molar-refractivity contribution < 1.29 is 9.32 Å². The number of carbonyl (C=O) groups is 1. The zero-order valence-electron chi connectivity index (χ0n) is 12.5. The summed E-state index contributed by atoms with van der Waals surface area (Å²) in [4.78, 5) is 12.2. The van der Waals surface area contributed by atoms with Crippen LogP contribution >= 0.6 is 12.4 Å². The maximum absolute atomic E-state index is 12.2. The number of anilines is 1. The quantitative estimate of drug-likeness (QED) is 0.856. The molecule has 1 heterocycles. The summed E-state index contributed by atoms with van der Waals surface area (Å²) in [5.74, 6) is 1.05. The van der Waals surface area contributed by atoms with Crippen LogP contribution in [0.15, 0.2) is 34.9 Å². The molecule has 1 aliphatic rings. The minimum Gasteiger partial charge on any atom is -0.360 e. The minimum absolute atomic E-state index is 0. The highest BCUT2D eigenvalue weighted by molar-refractivity contribution is 6.03. The lowest BCUT2D eigenvalue weighted by molar-refractivity contribution is 0.101. The zero-order valence-corrected chi connectivity index (χ0v) is 13.3. The van der Waals surface area contributed by atoms with Crippen molar-refractivity contribution in [3.05, 3.63) is 47.3 Å². The first-order valence-corrected chi connectivity index (χ1v) is 7.34. The van der Waals surface area contributed by atoms with Crippen LogP contribution in [-0.4, -0.2) is 17.6 Å². The molecule has 2 N–H and O–H groups in total. The van der Waals surface area contributed by atoms with Crippen LogP contribution in [0.5, 0.6) is 0 Å². The van der Waals surface area contributed by atoms with E-state index in [0.717, 1.165) is 42.9 Å². The summed E-state index contributed by atoms with van der Waals surface area (Å²) in [6.07, 6.45) is 2.25. The van der Waals surface area contributed by atoms with Gasteiger partial charge in [-0.05, 0) is 31.0 Å². The Hall–Kier alpha value is -1.85. The Bertz CT molecular complexity index is 638. The van der Waals surface area contributed by atoms with Crippen molar-refractivity contribution in [1.29, 1.82) is 0 Å². The Morgan fingerprint density at radius 3 is 2.86 bits per heavy atom. The predicted molar refractivity (Wildman–Crippen MR) is 87.5 cm³/mol. The monoisotopic (exact) mass is 321 g/mol. The molecule has 5 nitrogen and oxygen atoms in total. The van der Waals surface area contributed by atoms with Gasteiger partial charge in [0.15, 0.2) is 5.69 Å². The third kappa shape index (κ3) is 3.87. The van der Waals surface area contributed by atoms with Crippen LogP contribution in [0.2, 0.25) is 0 Å². The fraction of sp³-hybridized carbons (Fsp3) is 0.375. The maximum atomic E-state index is 12.2. The van der Waals surface area contributed by atoms with Crippen LogP contribution in [0.4, 0.5) is 5.69 Å². The highest BCUT2D eigenvalue weighted by Crippen LogP contribution is 2.40. The standard InChI is InChI=1S/C16H19N3O2.ClH/c1-2-17-10-12-5-3-4-6-13(12)18-16(20)14-9-15(21-19-14)11-7-8-11;/h3-6,9,11,17H,2,7-8,10H2,1H3,(H,18,20);1H. The van der Waals surface area contributed by atoms with Gasteiger partial charge in [-0.15, -0.1) is 12.4 Å². The number of nitrogens with zero attached hydrogens (tertiary/aromatic N) is 1. The number of rotatable bonds is 6. The topological polar surface area (TPSA) is 67.2 Å². The van der Waals surface area contributed by atoms with Crippen LogP contribution < -0.4 is 10.6 Å². The fourth-order valence-corrected chi connectivity index (χ4v) is 2.20. The van der Waals surface area contributed by atoms with Crippen LogP contribution in [-0.2, 0) is 6.54 Å². The van der Waals surface area contributed by atoms with Crippen molar-refractivity contribution in [2.75, 3.05) is 11.9 Å². The Labute approximate surface area is 135 Å². The Balaban J connectivity index is 0.00000176. The van der Waals surface area contributed by atoms with Gasteiger partial charge in [0.2, 0.25) is 0 Å². The van der Waals surface area contributed by atoms with E-state index < -0.39 is 0 Å². The first-order valence-electron chi connectivity index (χ1n) is 7.34. The summed E-state index contributed by atoms with van der Waals surface area (Å²) in [6, 6.07) is 9.51. The molecule has 2 aromatic rings. The van der Waals surface area contributed by atoms with E-state index in [1.165, 1.54) is 0 Å². The van der Waals surface area contributed by atoms with E-state index in [4.69, 9.17) is 4.52 Å². The van der Waals surface area contributed by atoms with Crippen molar-refractivity contribution in [2.45, 2.75) is 32.2 Å². The Morgan fingerprint density at radius 2 is 2.14 bits per heavy atom. The van der Waals surface area contributed by atoms with E-state index in [2.05, 4.69) is 22.7 Å². The third-order valence-corrected chi connectivity index (χ3v) is 3.57. The van der Waals surface area contributed by atoms with Crippen molar-refractivity contribution >= 4 is 24.0 Å². The second-order valence-corrected chi connectivity index (χ2v) is 5.28. The fourth-order valence-electron chi connectivity index (χ4n) is 2.20. The van der Waals surface area contributed by atoms with E-state index >= 15 is 0 Å². The van der Waals surface area contributed by atoms with Gasteiger partial charge in [0.1, 0.15) is 5.76 Å². The smallest absolute Gasteiger partial charge is 0.277 e. The number of hydrogen-bond donors (Lipinski definition) is 2. The summed E-state index contributed by atoms with van der Waals surface area (Å²) >= 11 is 0. The van der Waals surface area contributed by atoms with Gasteiger partial charge in [0, 0.05) is 24.2 Å². The minimum atomic E-state index is -0.227. The van der Waals surface area contributed by atoms with E-state index in [9.17, 15) is 4.79 Å². The number of amides is 1. The Morgan fingerprint density at radius 1 is 1.36 bits per heavy atom. The normalized spacial score (nSPS) is 13.5. The van der Waals surface area contributed by atoms with Crippen LogP contribution in [0.25, 0.3) is 0 Å². The van der Waals surface area contributed by atoms with Gasteiger partial charge < -0.3 is 15.2 Å². The van der Waals surface area contributed by atoms with Crippen molar-refractivity contribution in [3.63, 3.8) is 0 Å². The molecule has 0 bridgehead atoms. The zero-order chi connectivity index (χ0) is 14.7. The Kier molecular flexibility index (Phi) is 5.57. The molecule has 3 rings (SSSR count). The molecule has 118 valence electrons. The van der Waals surface area contributed by atoms with Crippen LogP contribution in [0, 0.1) is 0 Å². The second-order valence-electron chi connectivity index (χ2n) is 5.28. The van der Waals surface area contributed by atoms with Crippen LogP contribution in [0.1, 0.15) is 47.5 Å². The molecule has 0 spiro atoms. The molecule has 6 heteroatoms. The predicted octanol–water partition coefficient (Wildman–Crippen LogP) is 3.34. The number of benzene rings is 1. The molecule has 1 aromatic carbocycles. The van der Waals surface area contributed by atoms with Crippen molar-refractivity contribution in [1.82, 2.24) is 10.5 Å². The molecule has 0 saturated heterocycles. The lowest BCUT2D eigenvalue weighted by atomic mass is 10.1. The molecule has 1 aliphatic carbocycles. The number of halogens is 1.